The first-order valence-electron chi connectivity index (χ1n) is 5.15. The van der Waals surface area contributed by atoms with Crippen molar-refractivity contribution in [3.8, 4) is 0 Å². The maximum Gasteiger partial charge on any atom is 0.224 e. The third kappa shape index (κ3) is 4.34. The van der Waals surface area contributed by atoms with E-state index >= 15 is 0 Å². The number of benzene rings is 1. The quantitative estimate of drug-likeness (QED) is 0.839. The fourth-order valence-electron chi connectivity index (χ4n) is 1.22. The van der Waals surface area contributed by atoms with Crippen LogP contribution in [-0.2, 0) is 11.2 Å². The summed E-state index contributed by atoms with van der Waals surface area (Å²) in [5.74, 6) is 0.0617. The van der Waals surface area contributed by atoms with Gasteiger partial charge < -0.3 is 5.32 Å². The van der Waals surface area contributed by atoms with Crippen LogP contribution in [0.2, 0.25) is 5.02 Å². The van der Waals surface area contributed by atoms with Gasteiger partial charge in [0.05, 0.1) is 6.42 Å². The first-order valence-corrected chi connectivity index (χ1v) is 5.53. The van der Waals surface area contributed by atoms with Gasteiger partial charge in [-0.25, -0.2) is 0 Å². The average molecular weight is 226 g/mol. The summed E-state index contributed by atoms with van der Waals surface area (Å²) >= 11 is 5.75. The summed E-state index contributed by atoms with van der Waals surface area (Å²) in [5.41, 5.74) is 0.986. The summed E-state index contributed by atoms with van der Waals surface area (Å²) in [6.45, 7) is 4.05. The second kappa shape index (κ2) is 5.76. The Hall–Kier alpha value is -1.02. The fourth-order valence-corrected chi connectivity index (χ4v) is 1.34. The van der Waals surface area contributed by atoms with E-state index in [-0.39, 0.29) is 11.9 Å². The molecule has 1 rings (SSSR count). The minimum atomic E-state index is 0.0617. The number of halogens is 1. The molecule has 0 bridgehead atoms. The maximum absolute atomic E-state index is 11.5. The number of nitrogens with one attached hydrogen (secondary N) is 1. The van der Waals surface area contributed by atoms with Gasteiger partial charge in [0.25, 0.3) is 0 Å². The van der Waals surface area contributed by atoms with Crippen LogP contribution < -0.4 is 5.32 Å². The third-order valence-electron chi connectivity index (χ3n) is 2.30. The van der Waals surface area contributed by atoms with E-state index in [1.807, 2.05) is 26.0 Å². The zero-order valence-corrected chi connectivity index (χ0v) is 9.84. The Morgan fingerprint density at radius 3 is 2.53 bits per heavy atom. The number of rotatable bonds is 4. The highest BCUT2D eigenvalue weighted by atomic mass is 35.5. The Morgan fingerprint density at radius 1 is 1.40 bits per heavy atom. The van der Waals surface area contributed by atoms with Gasteiger partial charge in [-0.15, -0.1) is 0 Å². The molecule has 15 heavy (non-hydrogen) atoms. The van der Waals surface area contributed by atoms with Crippen LogP contribution in [0.4, 0.5) is 0 Å². The van der Waals surface area contributed by atoms with Crippen LogP contribution in [0.3, 0.4) is 0 Å². The molecule has 1 amide bonds. The molecule has 0 fully saturated rings. The Morgan fingerprint density at radius 2 is 2.00 bits per heavy atom. The molecule has 0 aliphatic carbocycles. The number of hydrogen-bond acceptors (Lipinski definition) is 1. The topological polar surface area (TPSA) is 29.1 Å². The molecule has 0 radical (unpaired) electrons. The molecule has 0 saturated heterocycles. The summed E-state index contributed by atoms with van der Waals surface area (Å²) in [6, 6.07) is 7.59. The predicted molar refractivity (Wildman–Crippen MR) is 63.1 cm³/mol. The lowest BCUT2D eigenvalue weighted by atomic mass is 10.1. The highest BCUT2D eigenvalue weighted by molar-refractivity contribution is 6.30. The van der Waals surface area contributed by atoms with Crippen molar-refractivity contribution in [2.45, 2.75) is 32.7 Å². The Balaban J connectivity index is 2.48. The molecular weight excluding hydrogens is 210 g/mol. The predicted octanol–water partition coefficient (Wildman–Crippen LogP) is 2.80. The first kappa shape index (κ1) is 12.1. The second-order valence-corrected chi connectivity index (χ2v) is 4.12. The molecular formula is C12H16ClNO. The van der Waals surface area contributed by atoms with Crippen LogP contribution in [0.15, 0.2) is 24.3 Å². The molecule has 0 saturated carbocycles. The minimum absolute atomic E-state index is 0.0617. The van der Waals surface area contributed by atoms with Gasteiger partial charge in [0, 0.05) is 11.1 Å². The molecule has 0 aromatic heterocycles. The molecule has 82 valence electrons. The van der Waals surface area contributed by atoms with Crippen LogP contribution in [0.25, 0.3) is 0 Å². The first-order chi connectivity index (χ1) is 7.11. The summed E-state index contributed by atoms with van der Waals surface area (Å²) < 4.78 is 0. The largest absolute Gasteiger partial charge is 0.353 e. The second-order valence-electron chi connectivity index (χ2n) is 3.68. The zero-order chi connectivity index (χ0) is 11.3. The summed E-state index contributed by atoms with van der Waals surface area (Å²) in [4.78, 5) is 11.5. The SMILES string of the molecule is CCC(C)NC(=O)Cc1ccc(Cl)cc1. The molecule has 1 aromatic rings. The van der Waals surface area contributed by atoms with E-state index in [2.05, 4.69) is 5.32 Å². The van der Waals surface area contributed by atoms with Gasteiger partial charge in [-0.05, 0) is 31.0 Å². The van der Waals surface area contributed by atoms with Crippen LogP contribution in [-0.4, -0.2) is 11.9 Å². The van der Waals surface area contributed by atoms with E-state index in [1.165, 1.54) is 0 Å². The molecule has 1 aromatic carbocycles. The van der Waals surface area contributed by atoms with Crippen LogP contribution in [0.1, 0.15) is 25.8 Å². The van der Waals surface area contributed by atoms with Crippen LogP contribution in [0, 0.1) is 0 Å². The molecule has 0 aliphatic rings. The molecule has 0 spiro atoms. The Bertz CT molecular complexity index is 321. The highest BCUT2D eigenvalue weighted by Gasteiger charge is 2.05. The lowest BCUT2D eigenvalue weighted by Crippen LogP contribution is -2.33. The highest BCUT2D eigenvalue weighted by Crippen LogP contribution is 2.09. The molecule has 1 N–H and O–H groups in total. The Labute approximate surface area is 95.6 Å². The monoisotopic (exact) mass is 225 g/mol. The van der Waals surface area contributed by atoms with E-state index in [0.717, 1.165) is 12.0 Å². The lowest BCUT2D eigenvalue weighted by Gasteiger charge is -2.11. The van der Waals surface area contributed by atoms with E-state index in [9.17, 15) is 4.79 Å². The van der Waals surface area contributed by atoms with Crippen molar-refractivity contribution < 1.29 is 4.79 Å². The number of carbonyl (C=O) groups is 1. The zero-order valence-electron chi connectivity index (χ0n) is 9.09. The van der Waals surface area contributed by atoms with E-state index < -0.39 is 0 Å². The summed E-state index contributed by atoms with van der Waals surface area (Å²) in [5, 5.41) is 3.62. The van der Waals surface area contributed by atoms with E-state index in [4.69, 9.17) is 11.6 Å². The van der Waals surface area contributed by atoms with Gasteiger partial charge in [0.15, 0.2) is 0 Å². The van der Waals surface area contributed by atoms with Crippen molar-refractivity contribution in [2.75, 3.05) is 0 Å². The average Bonchev–Trinajstić information content (AvgIpc) is 2.21. The van der Waals surface area contributed by atoms with E-state index in [0.29, 0.717) is 11.4 Å². The van der Waals surface area contributed by atoms with E-state index in [1.54, 1.807) is 12.1 Å². The minimum Gasteiger partial charge on any atom is -0.353 e. The van der Waals surface area contributed by atoms with Crippen molar-refractivity contribution >= 4 is 17.5 Å². The van der Waals surface area contributed by atoms with Gasteiger partial charge >= 0.3 is 0 Å². The van der Waals surface area contributed by atoms with Gasteiger partial charge in [0.2, 0.25) is 5.91 Å². The van der Waals surface area contributed by atoms with Crippen molar-refractivity contribution in [3.05, 3.63) is 34.9 Å². The van der Waals surface area contributed by atoms with Crippen molar-refractivity contribution in [3.63, 3.8) is 0 Å². The van der Waals surface area contributed by atoms with Gasteiger partial charge in [-0.2, -0.15) is 0 Å². The maximum atomic E-state index is 11.5. The molecule has 2 nitrogen and oxygen atoms in total. The van der Waals surface area contributed by atoms with Crippen LogP contribution in [0.5, 0.6) is 0 Å². The van der Waals surface area contributed by atoms with Gasteiger partial charge in [-0.3, -0.25) is 4.79 Å². The van der Waals surface area contributed by atoms with Crippen molar-refractivity contribution in [1.82, 2.24) is 5.32 Å². The molecule has 0 heterocycles. The number of carbonyl (C=O) groups excluding carboxylic acids is 1. The van der Waals surface area contributed by atoms with Gasteiger partial charge in [-0.1, -0.05) is 30.7 Å². The molecule has 1 unspecified atom stereocenters. The summed E-state index contributed by atoms with van der Waals surface area (Å²) in [6.07, 6.45) is 1.37. The van der Waals surface area contributed by atoms with Crippen molar-refractivity contribution in [2.24, 2.45) is 0 Å². The normalized spacial score (nSPS) is 12.2. The third-order valence-corrected chi connectivity index (χ3v) is 2.55. The molecule has 3 heteroatoms. The van der Waals surface area contributed by atoms with Crippen molar-refractivity contribution in [1.29, 1.82) is 0 Å². The Kier molecular flexibility index (Phi) is 4.63. The summed E-state index contributed by atoms with van der Waals surface area (Å²) in [7, 11) is 0. The number of amides is 1. The standard InChI is InChI=1S/C12H16ClNO/c1-3-9(2)14-12(15)8-10-4-6-11(13)7-5-10/h4-7,9H,3,8H2,1-2H3,(H,14,15). The smallest absolute Gasteiger partial charge is 0.224 e. The molecule has 0 aliphatic heterocycles. The lowest BCUT2D eigenvalue weighted by molar-refractivity contribution is -0.121. The van der Waals surface area contributed by atoms with Gasteiger partial charge in [0.1, 0.15) is 0 Å². The molecule has 1 atom stereocenters. The van der Waals surface area contributed by atoms with Crippen LogP contribution >= 0.6 is 11.6 Å². The number of hydrogen-bond donors (Lipinski definition) is 1. The fraction of sp³-hybridized carbons (Fsp3) is 0.417.